The molecule has 0 bridgehead atoms. The molecule has 0 aliphatic carbocycles. The molecule has 0 unspecified atom stereocenters. The van der Waals surface area contributed by atoms with Gasteiger partial charge in [0, 0.05) is 18.5 Å². The minimum atomic E-state index is 0.0189. The summed E-state index contributed by atoms with van der Waals surface area (Å²) >= 11 is 0. The van der Waals surface area contributed by atoms with Crippen molar-refractivity contribution < 1.29 is 14.3 Å². The van der Waals surface area contributed by atoms with Crippen LogP contribution >= 0.6 is 0 Å². The average Bonchev–Trinajstić information content (AvgIpc) is 3.03. The quantitative estimate of drug-likeness (QED) is 0.618. The van der Waals surface area contributed by atoms with Crippen molar-refractivity contribution in [2.75, 3.05) is 13.7 Å². The molecule has 1 amide bonds. The number of ether oxygens (including phenoxy) is 2. The number of benzene rings is 2. The summed E-state index contributed by atoms with van der Waals surface area (Å²) in [6, 6.07) is 15.5. The Balaban J connectivity index is 1.98. The van der Waals surface area contributed by atoms with Gasteiger partial charge in [0.15, 0.2) is 0 Å². The van der Waals surface area contributed by atoms with Gasteiger partial charge in [-0.05, 0) is 63.6 Å². The van der Waals surface area contributed by atoms with Crippen LogP contribution in [0.25, 0.3) is 5.69 Å². The van der Waals surface area contributed by atoms with Crippen LogP contribution in [0.15, 0.2) is 48.5 Å². The Morgan fingerprint density at radius 3 is 2.31 bits per heavy atom. The van der Waals surface area contributed by atoms with Gasteiger partial charge in [-0.25, -0.2) is 4.68 Å². The molecule has 0 radical (unpaired) electrons. The van der Waals surface area contributed by atoms with E-state index in [0.717, 1.165) is 34.0 Å². The van der Waals surface area contributed by atoms with Crippen molar-refractivity contribution >= 4 is 5.91 Å². The first-order valence-corrected chi connectivity index (χ1v) is 9.76. The van der Waals surface area contributed by atoms with Crippen LogP contribution in [0, 0.1) is 13.8 Å². The second kappa shape index (κ2) is 9.28. The molecule has 2 aromatic carbocycles. The highest BCUT2D eigenvalue weighted by atomic mass is 16.5. The van der Waals surface area contributed by atoms with E-state index in [0.29, 0.717) is 25.3 Å². The van der Waals surface area contributed by atoms with Crippen molar-refractivity contribution in [1.29, 1.82) is 0 Å². The van der Waals surface area contributed by atoms with Gasteiger partial charge in [-0.15, -0.1) is 0 Å². The Bertz CT molecular complexity index is 960. The maximum Gasteiger partial charge on any atom is 0.226 e. The van der Waals surface area contributed by atoms with Crippen LogP contribution in [-0.2, 0) is 11.2 Å². The Morgan fingerprint density at radius 2 is 1.69 bits per heavy atom. The topological polar surface area (TPSA) is 65.4 Å². The van der Waals surface area contributed by atoms with Crippen molar-refractivity contribution in [3.05, 3.63) is 65.4 Å². The fourth-order valence-electron chi connectivity index (χ4n) is 3.07. The van der Waals surface area contributed by atoms with Crippen molar-refractivity contribution in [2.24, 2.45) is 0 Å². The van der Waals surface area contributed by atoms with Crippen LogP contribution < -0.4 is 14.8 Å². The largest absolute Gasteiger partial charge is 0.497 e. The fraction of sp³-hybridized carbons (Fsp3) is 0.304. The number of aromatic nitrogens is 2. The third-order valence-electron chi connectivity index (χ3n) is 4.67. The molecule has 0 spiro atoms. The number of carbonyl (C=O) groups is 1. The molecular weight excluding hydrogens is 366 g/mol. The lowest BCUT2D eigenvalue weighted by molar-refractivity contribution is -0.120. The third-order valence-corrected chi connectivity index (χ3v) is 4.67. The minimum Gasteiger partial charge on any atom is -0.497 e. The van der Waals surface area contributed by atoms with E-state index in [4.69, 9.17) is 14.6 Å². The lowest BCUT2D eigenvalue weighted by Crippen LogP contribution is -2.22. The van der Waals surface area contributed by atoms with Crippen LogP contribution in [0.3, 0.4) is 0 Å². The zero-order valence-electron chi connectivity index (χ0n) is 17.4. The molecule has 1 heterocycles. The van der Waals surface area contributed by atoms with Crippen molar-refractivity contribution in [3.63, 3.8) is 0 Å². The molecule has 29 heavy (non-hydrogen) atoms. The summed E-state index contributed by atoms with van der Waals surface area (Å²) < 4.78 is 13.3. The van der Waals surface area contributed by atoms with Gasteiger partial charge in [0.1, 0.15) is 11.5 Å². The summed E-state index contributed by atoms with van der Waals surface area (Å²) in [5.74, 6) is 2.14. The second-order valence-corrected chi connectivity index (χ2v) is 6.85. The first-order chi connectivity index (χ1) is 14.0. The van der Waals surface area contributed by atoms with Gasteiger partial charge >= 0.3 is 0 Å². The van der Waals surface area contributed by atoms with Crippen molar-refractivity contribution in [2.45, 2.75) is 33.6 Å². The van der Waals surface area contributed by atoms with Crippen molar-refractivity contribution in [1.82, 2.24) is 15.1 Å². The van der Waals surface area contributed by atoms with Gasteiger partial charge in [-0.2, -0.15) is 5.10 Å². The monoisotopic (exact) mass is 393 g/mol. The van der Waals surface area contributed by atoms with Gasteiger partial charge in [0.05, 0.1) is 18.5 Å². The molecule has 3 aromatic rings. The van der Waals surface area contributed by atoms with Crippen LogP contribution in [-0.4, -0.2) is 29.3 Å². The lowest BCUT2D eigenvalue weighted by Gasteiger charge is -2.12. The molecule has 0 aliphatic rings. The van der Waals surface area contributed by atoms with E-state index >= 15 is 0 Å². The van der Waals surface area contributed by atoms with E-state index < -0.39 is 0 Å². The smallest absolute Gasteiger partial charge is 0.226 e. The normalized spacial score (nSPS) is 10.6. The van der Waals surface area contributed by atoms with Gasteiger partial charge in [0.2, 0.25) is 11.8 Å². The predicted octanol–water partition coefficient (Wildman–Crippen LogP) is 4.36. The highest BCUT2D eigenvalue weighted by Crippen LogP contribution is 2.32. The summed E-state index contributed by atoms with van der Waals surface area (Å²) in [6.45, 7) is 6.51. The van der Waals surface area contributed by atoms with Gasteiger partial charge in [-0.3, -0.25) is 4.79 Å². The number of methoxy groups -OCH3 is 1. The molecule has 0 atom stereocenters. The maximum absolute atomic E-state index is 12.0. The van der Waals surface area contributed by atoms with E-state index in [1.165, 1.54) is 0 Å². The van der Waals surface area contributed by atoms with E-state index in [9.17, 15) is 4.79 Å². The van der Waals surface area contributed by atoms with E-state index in [1.807, 2.05) is 69.3 Å². The molecule has 0 saturated heterocycles. The van der Waals surface area contributed by atoms with Crippen LogP contribution in [0.4, 0.5) is 0 Å². The van der Waals surface area contributed by atoms with Gasteiger partial charge in [-0.1, -0.05) is 17.7 Å². The highest BCUT2D eigenvalue weighted by Gasteiger charge is 2.20. The molecule has 3 rings (SSSR count). The van der Waals surface area contributed by atoms with Gasteiger partial charge < -0.3 is 14.8 Å². The molecule has 6 nitrogen and oxygen atoms in total. The summed E-state index contributed by atoms with van der Waals surface area (Å²) in [5.41, 5.74) is 3.79. The molecule has 6 heteroatoms. The van der Waals surface area contributed by atoms with Crippen molar-refractivity contribution in [3.8, 4) is 23.1 Å². The highest BCUT2D eigenvalue weighted by molar-refractivity contribution is 5.76. The summed E-state index contributed by atoms with van der Waals surface area (Å²) in [4.78, 5) is 12.0. The Morgan fingerprint density at radius 1 is 1.03 bits per heavy atom. The first-order valence-electron chi connectivity index (χ1n) is 9.76. The van der Waals surface area contributed by atoms with E-state index in [1.54, 1.807) is 11.8 Å². The molecule has 0 saturated carbocycles. The SMILES string of the molecule is CCNC(=O)CCc1c(C)nn(-c2ccc(OC)cc2)c1Oc1ccc(C)cc1. The molecule has 152 valence electrons. The Hall–Kier alpha value is -3.28. The lowest BCUT2D eigenvalue weighted by atomic mass is 10.1. The number of nitrogens with zero attached hydrogens (tertiary/aromatic N) is 2. The number of carbonyl (C=O) groups excluding carboxylic acids is 1. The molecule has 0 aliphatic heterocycles. The summed E-state index contributed by atoms with van der Waals surface area (Å²) in [6.07, 6.45) is 0.933. The van der Waals surface area contributed by atoms with Crippen LogP contribution in [0.2, 0.25) is 0 Å². The predicted molar refractivity (Wildman–Crippen MR) is 113 cm³/mol. The van der Waals surface area contributed by atoms with Gasteiger partial charge in [0.25, 0.3) is 0 Å². The number of aryl methyl sites for hydroxylation is 2. The van der Waals surface area contributed by atoms with E-state index in [-0.39, 0.29) is 5.91 Å². The Kier molecular flexibility index (Phi) is 6.54. The van der Waals surface area contributed by atoms with Crippen LogP contribution in [0.1, 0.15) is 30.2 Å². The Labute approximate surface area is 171 Å². The standard InChI is InChI=1S/C23H27N3O3/c1-5-24-22(27)15-14-21-17(3)25-26(18-8-12-19(28-4)13-9-18)23(21)29-20-10-6-16(2)7-11-20/h6-13H,5,14-15H2,1-4H3,(H,24,27). The summed E-state index contributed by atoms with van der Waals surface area (Å²) in [5, 5.41) is 7.53. The maximum atomic E-state index is 12.0. The number of hydrogen-bond donors (Lipinski definition) is 1. The number of rotatable bonds is 8. The fourth-order valence-corrected chi connectivity index (χ4v) is 3.07. The van der Waals surface area contributed by atoms with E-state index in [2.05, 4.69) is 5.32 Å². The molecule has 1 aromatic heterocycles. The number of nitrogens with one attached hydrogen (secondary N) is 1. The third kappa shape index (κ3) is 4.96. The van der Waals surface area contributed by atoms with Crippen LogP contribution in [0.5, 0.6) is 17.4 Å². The summed E-state index contributed by atoms with van der Waals surface area (Å²) in [7, 11) is 1.64. The second-order valence-electron chi connectivity index (χ2n) is 6.85. The zero-order valence-corrected chi connectivity index (χ0v) is 17.4. The average molecular weight is 393 g/mol. The molecule has 0 fully saturated rings. The number of amides is 1. The zero-order chi connectivity index (χ0) is 20.8. The molecule has 1 N–H and O–H groups in total. The first kappa shape index (κ1) is 20.5. The number of hydrogen-bond acceptors (Lipinski definition) is 4. The minimum absolute atomic E-state index is 0.0189. The molecular formula is C23H27N3O3.